The van der Waals surface area contributed by atoms with Crippen LogP contribution in [-0.4, -0.2) is 9.97 Å². The van der Waals surface area contributed by atoms with E-state index in [1.807, 2.05) is 42.5 Å². The predicted molar refractivity (Wildman–Crippen MR) is 124 cm³/mol. The van der Waals surface area contributed by atoms with Gasteiger partial charge in [0.25, 0.3) is 0 Å². The van der Waals surface area contributed by atoms with Crippen molar-refractivity contribution in [1.29, 1.82) is 0 Å². The van der Waals surface area contributed by atoms with E-state index in [1.54, 1.807) is 0 Å². The first kappa shape index (κ1) is 18.0. The van der Waals surface area contributed by atoms with E-state index in [0.29, 0.717) is 0 Å². The van der Waals surface area contributed by atoms with Crippen molar-refractivity contribution in [3.63, 3.8) is 0 Å². The summed E-state index contributed by atoms with van der Waals surface area (Å²) in [5, 5.41) is 0. The van der Waals surface area contributed by atoms with Gasteiger partial charge in [-0.05, 0) is 17.2 Å². The first-order valence-corrected chi connectivity index (χ1v) is 10.0. The Hall–Kier alpha value is -4.04. The standard InChI is InChI=1S/C28H20N2/c1-4-10-21(11-5-1)22-16-18-25(19-17-22)28-29-26(23-12-6-2-7-13-23)20-27(30-28)24-14-8-3-9-15-24/h1-20H. The van der Waals surface area contributed by atoms with Gasteiger partial charge >= 0.3 is 0 Å². The lowest BCUT2D eigenvalue weighted by Gasteiger charge is -2.10. The van der Waals surface area contributed by atoms with Crippen LogP contribution in [0.5, 0.6) is 0 Å². The molecule has 0 amide bonds. The molecule has 2 nitrogen and oxygen atoms in total. The minimum absolute atomic E-state index is 0.731. The summed E-state index contributed by atoms with van der Waals surface area (Å²) in [6, 6.07) is 41.4. The number of hydrogen-bond donors (Lipinski definition) is 0. The highest BCUT2D eigenvalue weighted by Gasteiger charge is 2.10. The van der Waals surface area contributed by atoms with Crippen LogP contribution < -0.4 is 0 Å². The number of benzene rings is 4. The Bertz CT molecular complexity index is 1190. The molecule has 0 aliphatic heterocycles. The molecule has 0 saturated heterocycles. The Kier molecular flexibility index (Phi) is 4.89. The molecule has 4 aromatic carbocycles. The van der Waals surface area contributed by atoms with Crippen molar-refractivity contribution in [3.05, 3.63) is 121 Å². The molecule has 0 saturated carbocycles. The van der Waals surface area contributed by atoms with Gasteiger partial charge in [-0.15, -0.1) is 0 Å². The SMILES string of the molecule is c1ccc(-c2ccc(-c3nc(-c4ccccc4)cc(-c4ccccc4)n3)cc2)cc1. The quantitative estimate of drug-likeness (QED) is 0.329. The van der Waals surface area contributed by atoms with Gasteiger partial charge in [-0.3, -0.25) is 0 Å². The van der Waals surface area contributed by atoms with Crippen molar-refractivity contribution in [2.24, 2.45) is 0 Å². The van der Waals surface area contributed by atoms with E-state index in [9.17, 15) is 0 Å². The average molecular weight is 384 g/mol. The van der Waals surface area contributed by atoms with Gasteiger partial charge in [0.15, 0.2) is 5.82 Å². The van der Waals surface area contributed by atoms with Crippen molar-refractivity contribution < 1.29 is 0 Å². The maximum atomic E-state index is 4.89. The molecule has 0 N–H and O–H groups in total. The van der Waals surface area contributed by atoms with Gasteiger partial charge < -0.3 is 0 Å². The summed E-state index contributed by atoms with van der Waals surface area (Å²) in [6.45, 7) is 0. The maximum absolute atomic E-state index is 4.89. The molecule has 2 heteroatoms. The van der Waals surface area contributed by atoms with Crippen LogP contribution in [0.1, 0.15) is 0 Å². The minimum Gasteiger partial charge on any atom is -0.228 e. The Morgan fingerprint density at radius 3 is 1.17 bits per heavy atom. The van der Waals surface area contributed by atoms with E-state index in [1.165, 1.54) is 11.1 Å². The van der Waals surface area contributed by atoms with E-state index in [2.05, 4.69) is 78.9 Å². The van der Waals surface area contributed by atoms with Crippen LogP contribution >= 0.6 is 0 Å². The Morgan fingerprint density at radius 2 is 0.700 bits per heavy atom. The predicted octanol–water partition coefficient (Wildman–Crippen LogP) is 7.14. The van der Waals surface area contributed by atoms with Gasteiger partial charge in [0.1, 0.15) is 0 Å². The van der Waals surface area contributed by atoms with Crippen LogP contribution in [0, 0.1) is 0 Å². The summed E-state index contributed by atoms with van der Waals surface area (Å²) >= 11 is 0. The maximum Gasteiger partial charge on any atom is 0.160 e. The number of nitrogens with zero attached hydrogens (tertiary/aromatic N) is 2. The summed E-state index contributed by atoms with van der Waals surface area (Å²) in [5.74, 6) is 0.731. The molecule has 0 bridgehead atoms. The second-order valence-corrected chi connectivity index (χ2v) is 7.14. The van der Waals surface area contributed by atoms with Crippen molar-refractivity contribution in [1.82, 2.24) is 9.97 Å². The fourth-order valence-electron chi connectivity index (χ4n) is 3.53. The van der Waals surface area contributed by atoms with E-state index in [-0.39, 0.29) is 0 Å². The zero-order valence-corrected chi connectivity index (χ0v) is 16.4. The van der Waals surface area contributed by atoms with Gasteiger partial charge in [-0.2, -0.15) is 0 Å². The van der Waals surface area contributed by atoms with E-state index >= 15 is 0 Å². The van der Waals surface area contributed by atoms with Crippen molar-refractivity contribution >= 4 is 0 Å². The van der Waals surface area contributed by atoms with Gasteiger partial charge in [-0.25, -0.2) is 9.97 Å². The van der Waals surface area contributed by atoms with Crippen LogP contribution in [0.2, 0.25) is 0 Å². The first-order valence-electron chi connectivity index (χ1n) is 10.0. The molecule has 0 radical (unpaired) electrons. The Labute approximate surface area is 176 Å². The summed E-state index contributed by atoms with van der Waals surface area (Å²) in [6.07, 6.45) is 0. The second-order valence-electron chi connectivity index (χ2n) is 7.14. The molecule has 30 heavy (non-hydrogen) atoms. The lowest BCUT2D eigenvalue weighted by Crippen LogP contribution is -1.95. The highest BCUT2D eigenvalue weighted by Crippen LogP contribution is 2.28. The summed E-state index contributed by atoms with van der Waals surface area (Å²) in [7, 11) is 0. The van der Waals surface area contributed by atoms with Crippen LogP contribution in [0.3, 0.4) is 0 Å². The van der Waals surface area contributed by atoms with Crippen LogP contribution in [0.15, 0.2) is 121 Å². The monoisotopic (exact) mass is 384 g/mol. The number of rotatable bonds is 4. The molecule has 0 fully saturated rings. The van der Waals surface area contributed by atoms with Gasteiger partial charge in [0, 0.05) is 16.7 Å². The topological polar surface area (TPSA) is 25.8 Å². The third kappa shape index (κ3) is 3.76. The largest absolute Gasteiger partial charge is 0.228 e. The fraction of sp³-hybridized carbons (Fsp3) is 0. The zero-order valence-electron chi connectivity index (χ0n) is 16.4. The lowest BCUT2D eigenvalue weighted by molar-refractivity contribution is 1.18. The molecule has 142 valence electrons. The molecular formula is C28H20N2. The van der Waals surface area contributed by atoms with E-state index in [0.717, 1.165) is 33.9 Å². The van der Waals surface area contributed by atoms with E-state index < -0.39 is 0 Å². The van der Waals surface area contributed by atoms with Crippen molar-refractivity contribution in [2.75, 3.05) is 0 Å². The van der Waals surface area contributed by atoms with E-state index in [4.69, 9.17) is 9.97 Å². The van der Waals surface area contributed by atoms with Gasteiger partial charge in [0.2, 0.25) is 0 Å². The zero-order chi connectivity index (χ0) is 20.2. The van der Waals surface area contributed by atoms with Crippen molar-refractivity contribution in [3.8, 4) is 45.0 Å². The molecule has 5 aromatic rings. The fourth-order valence-corrected chi connectivity index (χ4v) is 3.53. The average Bonchev–Trinajstić information content (AvgIpc) is 2.85. The summed E-state index contributed by atoms with van der Waals surface area (Å²) < 4.78 is 0. The first-order chi connectivity index (χ1) is 14.9. The molecule has 1 aromatic heterocycles. The minimum atomic E-state index is 0.731. The van der Waals surface area contributed by atoms with Gasteiger partial charge in [-0.1, -0.05) is 115 Å². The lowest BCUT2D eigenvalue weighted by atomic mass is 10.0. The van der Waals surface area contributed by atoms with Crippen molar-refractivity contribution in [2.45, 2.75) is 0 Å². The van der Waals surface area contributed by atoms with Crippen LogP contribution in [-0.2, 0) is 0 Å². The van der Waals surface area contributed by atoms with Crippen LogP contribution in [0.4, 0.5) is 0 Å². The molecule has 0 unspecified atom stereocenters. The molecule has 5 rings (SSSR count). The molecular weight excluding hydrogens is 364 g/mol. The molecule has 1 heterocycles. The normalized spacial score (nSPS) is 10.7. The van der Waals surface area contributed by atoms with Gasteiger partial charge in [0.05, 0.1) is 11.4 Å². The summed E-state index contributed by atoms with van der Waals surface area (Å²) in [4.78, 5) is 9.78. The summed E-state index contributed by atoms with van der Waals surface area (Å²) in [5.41, 5.74) is 7.40. The van der Waals surface area contributed by atoms with Crippen LogP contribution in [0.25, 0.3) is 45.0 Å². The third-order valence-corrected chi connectivity index (χ3v) is 5.12. The molecule has 0 aliphatic rings. The molecule has 0 atom stereocenters. The molecule has 0 spiro atoms. The Balaban J connectivity index is 1.60. The smallest absolute Gasteiger partial charge is 0.160 e. The second kappa shape index (κ2) is 8.14. The third-order valence-electron chi connectivity index (χ3n) is 5.12. The Morgan fingerprint density at radius 1 is 0.333 bits per heavy atom. The number of aromatic nitrogens is 2. The highest BCUT2D eigenvalue weighted by molar-refractivity contribution is 5.73. The molecule has 0 aliphatic carbocycles. The number of hydrogen-bond acceptors (Lipinski definition) is 2. The highest BCUT2D eigenvalue weighted by atomic mass is 14.9.